The lowest BCUT2D eigenvalue weighted by molar-refractivity contribution is -0.137. The number of halogens is 3. The summed E-state index contributed by atoms with van der Waals surface area (Å²) in [6.45, 7) is 1.33. The van der Waals surface area contributed by atoms with Gasteiger partial charge in [0, 0.05) is 42.3 Å². The van der Waals surface area contributed by atoms with Crippen molar-refractivity contribution in [2.24, 2.45) is 0 Å². The highest BCUT2D eigenvalue weighted by atomic mass is 32.1. The van der Waals surface area contributed by atoms with Gasteiger partial charge < -0.3 is 9.64 Å². The van der Waals surface area contributed by atoms with E-state index in [-0.39, 0.29) is 12.0 Å². The first-order valence-electron chi connectivity index (χ1n) is 8.33. The van der Waals surface area contributed by atoms with E-state index >= 15 is 0 Å². The molecular formula is C18H15F3N4OS. The Kier molecular flexibility index (Phi) is 4.69. The number of rotatable bonds is 4. The average molecular weight is 392 g/mol. The fraction of sp³-hybridized carbons (Fsp3) is 0.278. The molecule has 0 radical (unpaired) electrons. The molecule has 140 valence electrons. The first kappa shape index (κ1) is 17.7. The van der Waals surface area contributed by atoms with Crippen molar-refractivity contribution in [3.05, 3.63) is 54.2 Å². The van der Waals surface area contributed by atoms with Gasteiger partial charge in [-0.05, 0) is 6.07 Å². The van der Waals surface area contributed by atoms with E-state index in [0.717, 1.165) is 35.9 Å². The Hall–Kier alpha value is -2.68. The number of aromatic nitrogens is 3. The minimum absolute atomic E-state index is 0.154. The summed E-state index contributed by atoms with van der Waals surface area (Å²) >= 11 is 1.32. The lowest BCUT2D eigenvalue weighted by Gasteiger charge is -2.15. The van der Waals surface area contributed by atoms with Crippen LogP contribution in [0.2, 0.25) is 0 Å². The topological polar surface area (TPSA) is 51.1 Å². The second-order valence-corrected chi connectivity index (χ2v) is 6.85. The van der Waals surface area contributed by atoms with Crippen molar-refractivity contribution in [3.8, 4) is 17.3 Å². The second kappa shape index (κ2) is 7.15. The zero-order valence-electron chi connectivity index (χ0n) is 14.1. The van der Waals surface area contributed by atoms with Crippen LogP contribution in [0.15, 0.2) is 48.7 Å². The number of ether oxygens (including phenoxy) is 1. The molecule has 0 saturated carbocycles. The van der Waals surface area contributed by atoms with Crippen LogP contribution in [0.1, 0.15) is 12.0 Å². The van der Waals surface area contributed by atoms with E-state index in [0.29, 0.717) is 12.4 Å². The highest BCUT2D eigenvalue weighted by Gasteiger charge is 2.31. The molecular weight excluding hydrogens is 377 g/mol. The van der Waals surface area contributed by atoms with Crippen molar-refractivity contribution in [2.75, 3.05) is 18.0 Å². The van der Waals surface area contributed by atoms with Gasteiger partial charge in [-0.2, -0.15) is 22.5 Å². The van der Waals surface area contributed by atoms with E-state index in [1.807, 2.05) is 30.3 Å². The van der Waals surface area contributed by atoms with Gasteiger partial charge in [-0.25, -0.2) is 4.98 Å². The van der Waals surface area contributed by atoms with Crippen LogP contribution < -0.4 is 9.64 Å². The van der Waals surface area contributed by atoms with Crippen molar-refractivity contribution < 1.29 is 17.9 Å². The summed E-state index contributed by atoms with van der Waals surface area (Å²) in [5, 5.41) is 0.806. The summed E-state index contributed by atoms with van der Waals surface area (Å²) in [4.78, 5) is 10.4. The largest absolute Gasteiger partial charge is 0.472 e. The maximum Gasteiger partial charge on any atom is 0.417 e. The molecule has 27 heavy (non-hydrogen) atoms. The third-order valence-corrected chi connectivity index (χ3v) is 4.99. The summed E-state index contributed by atoms with van der Waals surface area (Å²) in [6.07, 6.45) is -3.02. The molecule has 1 unspecified atom stereocenters. The van der Waals surface area contributed by atoms with Gasteiger partial charge in [0.1, 0.15) is 6.10 Å². The Morgan fingerprint density at radius 2 is 1.93 bits per heavy atom. The molecule has 4 rings (SSSR count). The predicted octanol–water partition coefficient (Wildman–Crippen LogP) is 4.28. The molecule has 0 N–H and O–H groups in total. The predicted molar refractivity (Wildman–Crippen MR) is 95.8 cm³/mol. The summed E-state index contributed by atoms with van der Waals surface area (Å²) < 4.78 is 47.9. The van der Waals surface area contributed by atoms with E-state index in [2.05, 4.69) is 19.2 Å². The first-order chi connectivity index (χ1) is 13.0. The van der Waals surface area contributed by atoms with E-state index < -0.39 is 11.7 Å². The minimum atomic E-state index is -4.40. The Labute approximate surface area is 157 Å². The van der Waals surface area contributed by atoms with Gasteiger partial charge in [-0.3, -0.25) is 0 Å². The minimum Gasteiger partial charge on any atom is -0.472 e. The lowest BCUT2D eigenvalue weighted by atomic mass is 10.2. The monoisotopic (exact) mass is 392 g/mol. The molecule has 2 aromatic heterocycles. The van der Waals surface area contributed by atoms with Gasteiger partial charge in [0.25, 0.3) is 0 Å². The number of hydrogen-bond donors (Lipinski definition) is 0. The molecule has 3 heterocycles. The molecule has 9 heteroatoms. The van der Waals surface area contributed by atoms with Crippen LogP contribution >= 0.6 is 11.5 Å². The molecule has 0 spiro atoms. The molecule has 1 fully saturated rings. The van der Waals surface area contributed by atoms with E-state index in [9.17, 15) is 13.2 Å². The quantitative estimate of drug-likeness (QED) is 0.664. The Bertz CT molecular complexity index is 899. The molecule has 5 nitrogen and oxygen atoms in total. The van der Waals surface area contributed by atoms with Crippen LogP contribution in [0, 0.1) is 0 Å². The van der Waals surface area contributed by atoms with Crippen molar-refractivity contribution in [1.29, 1.82) is 0 Å². The van der Waals surface area contributed by atoms with Gasteiger partial charge >= 0.3 is 6.18 Å². The summed E-state index contributed by atoms with van der Waals surface area (Å²) in [5.74, 6) is 0.876. The van der Waals surface area contributed by atoms with Gasteiger partial charge in [-0.1, -0.05) is 30.3 Å². The zero-order chi connectivity index (χ0) is 18.9. The van der Waals surface area contributed by atoms with Crippen molar-refractivity contribution >= 4 is 16.7 Å². The molecule has 1 saturated heterocycles. The van der Waals surface area contributed by atoms with Gasteiger partial charge in [0.05, 0.1) is 12.1 Å². The summed E-state index contributed by atoms with van der Waals surface area (Å²) in [5.41, 5.74) is 0.172. The summed E-state index contributed by atoms with van der Waals surface area (Å²) in [7, 11) is 0. The molecule has 1 aliphatic heterocycles. The Balaban J connectivity index is 1.38. The second-order valence-electron chi connectivity index (χ2n) is 6.12. The molecule has 0 bridgehead atoms. The number of alkyl halides is 3. The number of nitrogens with zero attached hydrogens (tertiary/aromatic N) is 4. The number of pyridine rings is 1. The zero-order valence-corrected chi connectivity index (χ0v) is 14.9. The fourth-order valence-electron chi connectivity index (χ4n) is 2.83. The van der Waals surface area contributed by atoms with Crippen LogP contribution in [-0.2, 0) is 6.18 Å². The van der Waals surface area contributed by atoms with E-state index in [1.54, 1.807) is 0 Å². The van der Waals surface area contributed by atoms with Crippen LogP contribution in [0.5, 0.6) is 5.88 Å². The maximum atomic E-state index is 12.6. The standard InChI is InChI=1S/C18H15F3N4OS/c19-18(20,21)13-6-7-15(22-10-13)26-14-8-9-25(11-14)17-23-16(24-27-17)12-4-2-1-3-5-12/h1-7,10,14H,8-9,11H2. The van der Waals surface area contributed by atoms with Gasteiger partial charge in [-0.15, -0.1) is 0 Å². The molecule has 0 aliphatic carbocycles. The maximum absolute atomic E-state index is 12.6. The molecule has 1 atom stereocenters. The van der Waals surface area contributed by atoms with Crippen LogP contribution in [0.4, 0.5) is 18.3 Å². The lowest BCUT2D eigenvalue weighted by Crippen LogP contribution is -2.24. The molecule has 3 aromatic rings. The fourth-order valence-corrected chi connectivity index (χ4v) is 3.56. The first-order valence-corrected chi connectivity index (χ1v) is 9.10. The van der Waals surface area contributed by atoms with Crippen LogP contribution in [-0.4, -0.2) is 33.5 Å². The number of hydrogen-bond acceptors (Lipinski definition) is 6. The van der Waals surface area contributed by atoms with Crippen molar-refractivity contribution in [3.63, 3.8) is 0 Å². The van der Waals surface area contributed by atoms with E-state index in [4.69, 9.17) is 4.74 Å². The van der Waals surface area contributed by atoms with Gasteiger partial charge in [0.2, 0.25) is 11.0 Å². The normalized spacial score (nSPS) is 17.3. The van der Waals surface area contributed by atoms with Crippen molar-refractivity contribution in [2.45, 2.75) is 18.7 Å². The van der Waals surface area contributed by atoms with Crippen LogP contribution in [0.3, 0.4) is 0 Å². The number of benzene rings is 1. The van der Waals surface area contributed by atoms with Crippen LogP contribution in [0.25, 0.3) is 11.4 Å². The number of anilines is 1. The van der Waals surface area contributed by atoms with E-state index in [1.165, 1.54) is 17.6 Å². The highest BCUT2D eigenvalue weighted by molar-refractivity contribution is 7.09. The summed E-state index contributed by atoms with van der Waals surface area (Å²) in [6, 6.07) is 12.0. The smallest absolute Gasteiger partial charge is 0.417 e. The van der Waals surface area contributed by atoms with Gasteiger partial charge in [0.15, 0.2) is 5.82 Å². The SMILES string of the molecule is FC(F)(F)c1ccc(OC2CCN(c3nc(-c4ccccc4)ns3)C2)nc1. The Morgan fingerprint density at radius 3 is 2.63 bits per heavy atom. The highest BCUT2D eigenvalue weighted by Crippen LogP contribution is 2.30. The third kappa shape index (κ3) is 4.02. The average Bonchev–Trinajstić information content (AvgIpc) is 3.31. The third-order valence-electron chi connectivity index (χ3n) is 4.21. The Morgan fingerprint density at radius 1 is 1.11 bits per heavy atom. The molecule has 0 amide bonds. The molecule has 1 aromatic carbocycles. The van der Waals surface area contributed by atoms with Crippen molar-refractivity contribution in [1.82, 2.24) is 14.3 Å². The molecule has 1 aliphatic rings.